The average Bonchev–Trinajstić information content (AvgIpc) is 3.55. The number of hydrogen-bond donors (Lipinski definition) is 0. The lowest BCUT2D eigenvalue weighted by Gasteiger charge is -2.49. The van der Waals surface area contributed by atoms with E-state index in [9.17, 15) is 9.59 Å². The van der Waals surface area contributed by atoms with Gasteiger partial charge in [0.25, 0.3) is 0 Å². The summed E-state index contributed by atoms with van der Waals surface area (Å²) in [5.74, 6) is 0.917. The van der Waals surface area contributed by atoms with Crippen LogP contribution in [0.2, 0.25) is 0 Å². The second kappa shape index (κ2) is 8.15. The number of ketones is 1. The van der Waals surface area contributed by atoms with Crippen molar-refractivity contribution in [3.63, 3.8) is 0 Å². The van der Waals surface area contributed by atoms with Gasteiger partial charge in [-0.2, -0.15) is 0 Å². The van der Waals surface area contributed by atoms with Crippen molar-refractivity contribution in [3.8, 4) is 0 Å². The van der Waals surface area contributed by atoms with Crippen molar-refractivity contribution < 1.29 is 19.1 Å². The zero-order valence-corrected chi connectivity index (χ0v) is 19.4. The van der Waals surface area contributed by atoms with E-state index in [-0.39, 0.29) is 18.8 Å². The van der Waals surface area contributed by atoms with Crippen LogP contribution >= 0.6 is 34.9 Å². The molecule has 1 saturated heterocycles. The molecule has 5 rings (SSSR count). The molecule has 1 aromatic carbocycles. The predicted octanol–water partition coefficient (Wildman–Crippen LogP) is 4.75. The van der Waals surface area contributed by atoms with Gasteiger partial charge in [-0.3, -0.25) is 4.79 Å². The normalized spacial score (nSPS) is 29.7. The minimum atomic E-state index is -1.41. The molecule has 2 aromatic rings. The highest BCUT2D eigenvalue weighted by Gasteiger charge is 2.73. The van der Waals surface area contributed by atoms with Crippen LogP contribution in [0.15, 0.2) is 62.6 Å². The molecule has 3 atom stereocenters. The largest absolute Gasteiger partial charge is 0.464 e. The standard InChI is InChI=1S/C23H21NO4S3/c1-2-27-21(26)22-16(18-9-6-10-29-18)13-17(25)19(20-30-11-12-31-20)23(22,28-14-24-22)15-7-4-3-5-8-15/h3-10,14,16H,2,11-13H2,1H3/t16-,22-,23-/m1/s1. The smallest absolute Gasteiger partial charge is 0.339 e. The Morgan fingerprint density at radius 3 is 2.65 bits per heavy atom. The second-order valence-corrected chi connectivity index (χ2v) is 10.9. The first-order valence-corrected chi connectivity index (χ1v) is 13.0. The van der Waals surface area contributed by atoms with Crippen molar-refractivity contribution >= 4 is 53.0 Å². The van der Waals surface area contributed by atoms with Gasteiger partial charge in [0.2, 0.25) is 11.1 Å². The third-order valence-electron chi connectivity index (χ3n) is 5.95. The summed E-state index contributed by atoms with van der Waals surface area (Å²) < 4.78 is 12.9. The molecule has 1 saturated carbocycles. The summed E-state index contributed by atoms with van der Waals surface area (Å²) in [6, 6.07) is 13.4. The number of thiophene rings is 1. The number of aliphatic imine (C=N–C) groups is 1. The van der Waals surface area contributed by atoms with Crippen LogP contribution in [0, 0.1) is 0 Å². The molecule has 0 bridgehead atoms. The number of thioether (sulfide) groups is 2. The Morgan fingerprint density at radius 1 is 1.19 bits per heavy atom. The number of benzene rings is 1. The van der Waals surface area contributed by atoms with Gasteiger partial charge in [0.15, 0.2) is 12.2 Å². The van der Waals surface area contributed by atoms with Gasteiger partial charge in [-0.25, -0.2) is 9.79 Å². The maximum absolute atomic E-state index is 13.8. The van der Waals surface area contributed by atoms with Crippen LogP contribution in [-0.4, -0.2) is 41.8 Å². The summed E-state index contributed by atoms with van der Waals surface area (Å²) in [5, 5.41) is 1.96. The number of ether oxygens (including phenoxy) is 2. The number of esters is 1. The Kier molecular flexibility index (Phi) is 5.48. The van der Waals surface area contributed by atoms with Crippen LogP contribution in [0.1, 0.15) is 29.7 Å². The van der Waals surface area contributed by atoms with E-state index >= 15 is 0 Å². The molecule has 0 amide bonds. The summed E-state index contributed by atoms with van der Waals surface area (Å²) in [5.41, 5.74) is -1.48. The Bertz CT molecular complexity index is 1060. The van der Waals surface area contributed by atoms with Crippen LogP contribution < -0.4 is 0 Å². The number of rotatable bonds is 4. The molecule has 160 valence electrons. The predicted molar refractivity (Wildman–Crippen MR) is 126 cm³/mol. The van der Waals surface area contributed by atoms with Gasteiger partial charge in [-0.05, 0) is 18.4 Å². The molecular formula is C23H21NO4S3. The molecule has 2 aliphatic heterocycles. The third kappa shape index (κ3) is 2.95. The molecule has 31 heavy (non-hydrogen) atoms. The topological polar surface area (TPSA) is 65.0 Å². The summed E-state index contributed by atoms with van der Waals surface area (Å²) >= 11 is 4.83. The number of hydrogen-bond acceptors (Lipinski definition) is 8. The van der Waals surface area contributed by atoms with E-state index in [1.54, 1.807) is 30.4 Å². The van der Waals surface area contributed by atoms with Crippen molar-refractivity contribution in [2.24, 2.45) is 4.99 Å². The molecule has 2 fully saturated rings. The lowest BCUT2D eigenvalue weighted by Crippen LogP contribution is -2.63. The molecule has 0 spiro atoms. The highest BCUT2D eigenvalue weighted by Crippen LogP contribution is 2.62. The second-order valence-electron chi connectivity index (χ2n) is 7.44. The Hall–Kier alpha value is -2.03. The minimum absolute atomic E-state index is 0.00424. The van der Waals surface area contributed by atoms with Crippen LogP contribution in [0.5, 0.6) is 0 Å². The number of nitrogens with zero attached hydrogens (tertiary/aromatic N) is 1. The average molecular weight is 472 g/mol. The van der Waals surface area contributed by atoms with Gasteiger partial charge in [-0.15, -0.1) is 34.9 Å². The fourth-order valence-electron chi connectivity index (χ4n) is 4.78. The molecule has 0 radical (unpaired) electrons. The minimum Gasteiger partial charge on any atom is -0.464 e. The maximum Gasteiger partial charge on any atom is 0.339 e. The zero-order chi connectivity index (χ0) is 21.5. The Balaban J connectivity index is 1.85. The van der Waals surface area contributed by atoms with Crippen molar-refractivity contribution in [3.05, 3.63) is 68.1 Å². The number of carbonyl (C=O) groups excluding carboxylic acids is 2. The first-order chi connectivity index (χ1) is 15.1. The van der Waals surface area contributed by atoms with Crippen LogP contribution in [0.3, 0.4) is 0 Å². The fourth-order valence-corrected chi connectivity index (χ4v) is 8.34. The summed E-state index contributed by atoms with van der Waals surface area (Å²) in [4.78, 5) is 33.2. The van der Waals surface area contributed by atoms with Gasteiger partial charge in [-0.1, -0.05) is 36.4 Å². The van der Waals surface area contributed by atoms with Crippen LogP contribution in [0.25, 0.3) is 0 Å². The van der Waals surface area contributed by atoms with E-state index < -0.39 is 23.0 Å². The van der Waals surface area contributed by atoms with Crippen LogP contribution in [0.4, 0.5) is 0 Å². The molecule has 3 aliphatic rings. The maximum atomic E-state index is 13.8. The van der Waals surface area contributed by atoms with E-state index in [1.165, 1.54) is 17.7 Å². The lowest BCUT2D eigenvalue weighted by molar-refractivity contribution is -0.160. The molecule has 3 heterocycles. The summed E-state index contributed by atoms with van der Waals surface area (Å²) in [7, 11) is 0. The van der Waals surface area contributed by atoms with E-state index in [4.69, 9.17) is 14.5 Å². The van der Waals surface area contributed by atoms with Gasteiger partial charge in [0.1, 0.15) is 0 Å². The third-order valence-corrected chi connectivity index (χ3v) is 9.66. The molecule has 1 aliphatic carbocycles. The van der Waals surface area contributed by atoms with Crippen LogP contribution in [-0.2, 0) is 24.7 Å². The molecule has 5 nitrogen and oxygen atoms in total. The van der Waals surface area contributed by atoms with Gasteiger partial charge >= 0.3 is 5.97 Å². The Labute approximate surface area is 193 Å². The molecular weight excluding hydrogens is 450 g/mol. The van der Waals surface area contributed by atoms with Crippen molar-refractivity contribution in [2.75, 3.05) is 18.1 Å². The number of Topliss-reactive ketones (excluding diaryl/α,β-unsaturated/α-hetero) is 1. The first-order valence-electron chi connectivity index (χ1n) is 10.2. The van der Waals surface area contributed by atoms with Gasteiger partial charge < -0.3 is 9.47 Å². The van der Waals surface area contributed by atoms with Gasteiger partial charge in [0.05, 0.1) is 16.4 Å². The molecule has 8 heteroatoms. The SMILES string of the molecule is CCOC(=O)[C@@]12N=CO[C@]1(c1ccccc1)C(=C1SCCS1)C(=O)C[C@@H]2c1cccs1. The lowest BCUT2D eigenvalue weighted by atomic mass is 9.58. The molecule has 0 N–H and O–H groups in total. The van der Waals surface area contributed by atoms with E-state index in [2.05, 4.69) is 0 Å². The molecule has 0 unspecified atom stereocenters. The highest BCUT2D eigenvalue weighted by molar-refractivity contribution is 8.25. The quantitative estimate of drug-likeness (QED) is 0.474. The highest BCUT2D eigenvalue weighted by atomic mass is 32.2. The van der Waals surface area contributed by atoms with E-state index in [0.29, 0.717) is 5.57 Å². The van der Waals surface area contributed by atoms with Crippen molar-refractivity contribution in [1.82, 2.24) is 0 Å². The zero-order valence-electron chi connectivity index (χ0n) is 16.9. The summed E-state index contributed by atoms with van der Waals surface area (Å²) in [6.45, 7) is 2.01. The Morgan fingerprint density at radius 2 is 1.97 bits per heavy atom. The number of fused-ring (bicyclic) bond motifs is 1. The van der Waals surface area contributed by atoms with Gasteiger partial charge in [0, 0.05) is 34.3 Å². The summed E-state index contributed by atoms with van der Waals surface area (Å²) in [6.07, 6.45) is 1.54. The number of carbonyl (C=O) groups is 2. The monoisotopic (exact) mass is 471 g/mol. The fraction of sp³-hybridized carbons (Fsp3) is 0.348. The first kappa shape index (κ1) is 20.8. The molecule has 1 aromatic heterocycles. The van der Waals surface area contributed by atoms with E-state index in [1.807, 2.05) is 47.8 Å². The van der Waals surface area contributed by atoms with E-state index in [0.717, 1.165) is 26.2 Å². The van der Waals surface area contributed by atoms with Crippen molar-refractivity contribution in [2.45, 2.75) is 30.4 Å². The van der Waals surface area contributed by atoms with Crippen molar-refractivity contribution in [1.29, 1.82) is 0 Å².